The average molecular weight is 1480 g/mol. The highest BCUT2D eigenvalue weighted by molar-refractivity contribution is 7.99. The first kappa shape index (κ1) is 80.1. The minimum atomic E-state index is -2.38. The number of aliphatic hydroxyl groups is 27. The Balaban J connectivity index is 0.938. The molecule has 14 bridgehead atoms. The van der Waals surface area contributed by atoms with Crippen LogP contribution in [0.25, 0.3) is 0 Å². The molecule has 0 amide bonds. The Morgan fingerprint density at radius 1 is 0.202 bits per heavy atom. The Morgan fingerprint density at radius 3 is 0.697 bits per heavy atom. The fraction of sp³-hybridized carbons (Fsp3) is 1.00. The molecule has 23 aliphatic rings. The molecule has 23 saturated heterocycles. The second-order valence-electron chi connectivity index (χ2n) is 25.3. The van der Waals surface area contributed by atoms with Gasteiger partial charge in [-0.15, -0.1) is 11.8 Å². The molecule has 0 spiro atoms. The van der Waals surface area contributed by atoms with Gasteiger partial charge in [-0.05, 0) is 0 Å². The Morgan fingerprint density at radius 2 is 0.444 bits per heavy atom. The van der Waals surface area contributed by atoms with E-state index < -0.39 is 334 Å². The van der Waals surface area contributed by atoms with Gasteiger partial charge in [-0.25, -0.2) is 0 Å². The van der Waals surface area contributed by atoms with Crippen LogP contribution < -0.4 is 0 Å². The van der Waals surface area contributed by atoms with Crippen molar-refractivity contribution >= 4 is 11.8 Å². The van der Waals surface area contributed by atoms with E-state index in [4.69, 9.17) is 80.5 Å². The maximum atomic E-state index is 12.0. The third kappa shape index (κ3) is 16.1. The van der Waals surface area contributed by atoms with Crippen molar-refractivity contribution in [1.29, 1.82) is 0 Å². The molecule has 27 N–H and O–H groups in total. The van der Waals surface area contributed by atoms with Gasteiger partial charge in [-0.2, -0.15) is 0 Å². The number of aliphatic hydroxyl groups excluding tert-OH is 27. The quantitative estimate of drug-likeness (QED) is 0.0814. The van der Waals surface area contributed by atoms with Crippen LogP contribution in [0.5, 0.6) is 0 Å². The summed E-state index contributed by atoms with van der Waals surface area (Å²) in [7, 11) is 0. The van der Waals surface area contributed by atoms with Gasteiger partial charge < -0.3 is 218 Å². The van der Waals surface area contributed by atoms with Crippen LogP contribution in [-0.2, 0) is 80.5 Å². The monoisotopic (exact) mass is 1470 g/mol. The smallest absolute Gasteiger partial charge is 0.187 e. The molecule has 0 aromatic carbocycles. The second-order valence-corrected chi connectivity index (χ2v) is 26.4. The van der Waals surface area contributed by atoms with Crippen LogP contribution >= 0.6 is 11.8 Å². The summed E-state index contributed by atoms with van der Waals surface area (Å²) in [5.41, 5.74) is -1.68. The highest BCUT2D eigenvalue weighted by Gasteiger charge is 2.61. The number of ether oxygens (including phenoxy) is 17. The van der Waals surface area contributed by atoms with Gasteiger partial charge in [-0.3, -0.25) is 0 Å². The first-order valence-corrected chi connectivity index (χ1v) is 32.7. The van der Waals surface area contributed by atoms with Crippen LogP contribution in [0, 0.1) is 0 Å². The standard InChI is InChI=1S/C54H90O44S/c55-1-10-19(63)20(64)29(73)46(82-10)97-44-17(8-62)90-54(37(81)28(44)72)99-9-18-45-27(71)36(80)53(89-18)96-43-16(7-61)87-51(34(78)25(43)69)94-41-14(5-59)85-49(32(76)23(41)67)92-39-12(3-57)83-47(30(74)21(39)65)91-38-11(2-56)84-48(31(75)22(38)66)93-40-13(4-58)86-50(33(77)24(40)68)95-42-15(6-60)88-52(98-45)35(79)26(42)70/h10-81H,1-9H2/t10-,11+,12-,13+,14-,15+,16-,17-,18+,19-,20+,21-,22-,23+,24-,25-,26-,27-,28-,29-,30-,31-,32+,33-,34+,35-,36-,37-,38-,39-,40-,41-,42-,43-,44-,45-,46-,47-,48-,49-,50-,51-,52-,53-,54+/m1/s1. The number of rotatable bonds is 13. The van der Waals surface area contributed by atoms with Gasteiger partial charge in [0.15, 0.2) is 50.3 Å². The molecule has 23 heterocycles. The zero-order valence-electron chi connectivity index (χ0n) is 51.8. The number of hydrogen-bond acceptors (Lipinski definition) is 45. The molecule has 0 aromatic heterocycles. The SMILES string of the molecule is OC[C@@H]1O[C@@H]2O[C@H]3[C@H](O)[C@@H](O)[C@@H](O[C@H]4[C@H](O)[C@H](O)[C@@H](O[C@H]5[C@@H](O)[C@H](O)[C@@H](O[C@H]6[C@H](O)[C@@H](O)[C@@H](O[C@H]7[C@H](O)[C@@H](O)[C@@H](O[C@H]8[C@H](O)[C@@H](O)[C@@H](O[C@H]1[C@H](O)[C@H]2O)O[C@H]8CO)O[C@H]7CO)O[C@@H]6CO)O[C@@H]5CO)O[C@@H]4CO)O[C@H]3CS[C@@H]1O[C@H](CO)[C@@H](O[C@H]2O[C@H](CO)[C@@H](O)[C@H](O)[C@H]2O)[C@H](O)[C@H]1O. The van der Waals surface area contributed by atoms with Crippen molar-refractivity contribution in [2.75, 3.05) is 58.6 Å². The lowest BCUT2D eigenvalue weighted by molar-refractivity contribution is -0.396. The Bertz CT molecular complexity index is 2460. The van der Waals surface area contributed by atoms with Crippen LogP contribution in [-0.4, -0.2) is 472 Å². The highest BCUT2D eigenvalue weighted by atomic mass is 32.2. The maximum Gasteiger partial charge on any atom is 0.187 e. The van der Waals surface area contributed by atoms with Crippen molar-refractivity contribution in [1.82, 2.24) is 0 Å². The van der Waals surface area contributed by atoms with Gasteiger partial charge in [0.25, 0.3) is 0 Å². The van der Waals surface area contributed by atoms with Gasteiger partial charge in [0.2, 0.25) is 0 Å². The minimum Gasteiger partial charge on any atom is -0.394 e. The molecule has 0 saturated carbocycles. The summed E-state index contributed by atoms with van der Waals surface area (Å²) in [5, 5.41) is 300. The predicted molar refractivity (Wildman–Crippen MR) is 300 cm³/mol. The lowest BCUT2D eigenvalue weighted by Crippen LogP contribution is -2.68. The van der Waals surface area contributed by atoms with Crippen LogP contribution in [0.1, 0.15) is 0 Å². The molecular formula is C54H90O44S. The molecule has 99 heavy (non-hydrogen) atoms. The fourth-order valence-corrected chi connectivity index (χ4v) is 14.5. The molecule has 0 radical (unpaired) electrons. The third-order valence-electron chi connectivity index (χ3n) is 19.0. The van der Waals surface area contributed by atoms with Crippen molar-refractivity contribution in [3.63, 3.8) is 0 Å². The van der Waals surface area contributed by atoms with Gasteiger partial charge in [-0.1, -0.05) is 0 Å². The maximum absolute atomic E-state index is 12.0. The lowest BCUT2D eigenvalue weighted by Gasteiger charge is -2.50. The van der Waals surface area contributed by atoms with Crippen molar-refractivity contribution in [3.05, 3.63) is 0 Å². The largest absolute Gasteiger partial charge is 0.394 e. The Labute approximate surface area is 563 Å². The molecular weight excluding hydrogens is 1380 g/mol. The van der Waals surface area contributed by atoms with E-state index in [9.17, 15) is 138 Å². The first-order chi connectivity index (χ1) is 47.1. The second kappa shape index (κ2) is 34.2. The summed E-state index contributed by atoms with van der Waals surface area (Å²) in [4.78, 5) is 0. The van der Waals surface area contributed by atoms with E-state index in [1.165, 1.54) is 0 Å². The summed E-state index contributed by atoms with van der Waals surface area (Å²) in [6.45, 7) is -8.62. The predicted octanol–water partition coefficient (Wildman–Crippen LogP) is -18.9. The van der Waals surface area contributed by atoms with Crippen LogP contribution in [0.2, 0.25) is 0 Å². The van der Waals surface area contributed by atoms with Crippen molar-refractivity contribution < 1.29 is 218 Å². The number of hydrogen-bond donors (Lipinski definition) is 27. The summed E-state index contributed by atoms with van der Waals surface area (Å²) in [6.07, 6.45) is -90.7. The van der Waals surface area contributed by atoms with E-state index in [0.29, 0.717) is 11.8 Å². The molecule has 45 atom stereocenters. The van der Waals surface area contributed by atoms with Gasteiger partial charge in [0.05, 0.1) is 59.0 Å². The Kier molecular flexibility index (Phi) is 27.7. The van der Waals surface area contributed by atoms with E-state index in [-0.39, 0.29) is 0 Å². The van der Waals surface area contributed by atoms with Crippen molar-refractivity contribution in [2.24, 2.45) is 0 Å². The Hall–Kier alpha value is -1.41. The van der Waals surface area contributed by atoms with Crippen molar-refractivity contribution in [3.8, 4) is 0 Å². The molecule has 44 nitrogen and oxygen atoms in total. The fourth-order valence-electron chi connectivity index (χ4n) is 13.3. The van der Waals surface area contributed by atoms with Gasteiger partial charge in [0.1, 0.15) is 219 Å². The summed E-state index contributed by atoms with van der Waals surface area (Å²) in [5.74, 6) is -0.681. The molecule has 23 fully saturated rings. The third-order valence-corrected chi connectivity index (χ3v) is 20.2. The summed E-state index contributed by atoms with van der Waals surface area (Å²) < 4.78 is 98.2. The zero-order chi connectivity index (χ0) is 72.1. The van der Waals surface area contributed by atoms with E-state index in [1.54, 1.807) is 0 Å². The molecule has 23 rings (SSSR count). The zero-order valence-corrected chi connectivity index (χ0v) is 52.6. The molecule has 0 unspecified atom stereocenters. The molecule has 45 heteroatoms. The van der Waals surface area contributed by atoms with Crippen LogP contribution in [0.3, 0.4) is 0 Å². The molecule has 0 aliphatic carbocycles. The van der Waals surface area contributed by atoms with E-state index in [1.807, 2.05) is 0 Å². The molecule has 576 valence electrons. The topological polar surface area (TPSA) is 703 Å². The summed E-state index contributed by atoms with van der Waals surface area (Å²) in [6, 6.07) is 0. The first-order valence-electron chi connectivity index (χ1n) is 31.6. The summed E-state index contributed by atoms with van der Waals surface area (Å²) >= 11 is 0.518. The van der Waals surface area contributed by atoms with E-state index in [2.05, 4.69) is 0 Å². The molecule has 0 aromatic rings. The van der Waals surface area contributed by atoms with Gasteiger partial charge in [0, 0.05) is 5.75 Å². The van der Waals surface area contributed by atoms with Crippen LogP contribution in [0.15, 0.2) is 0 Å². The minimum absolute atomic E-state index is 0.518. The average Bonchev–Trinajstić information content (AvgIpc) is 0.789. The van der Waals surface area contributed by atoms with E-state index >= 15 is 0 Å². The van der Waals surface area contributed by atoms with Crippen molar-refractivity contribution in [2.45, 2.75) is 275 Å². The highest BCUT2D eigenvalue weighted by Crippen LogP contribution is 2.41. The lowest BCUT2D eigenvalue weighted by atomic mass is 9.95. The number of thioether (sulfide) groups is 1. The normalized spacial score (nSPS) is 55.1. The molecule has 23 aliphatic heterocycles. The van der Waals surface area contributed by atoms with Crippen LogP contribution in [0.4, 0.5) is 0 Å². The van der Waals surface area contributed by atoms with E-state index in [0.717, 1.165) is 0 Å². The van der Waals surface area contributed by atoms with Gasteiger partial charge >= 0.3 is 0 Å².